The molecule has 0 aliphatic carbocycles. The molecule has 0 N–H and O–H groups in total. The Morgan fingerprint density at radius 2 is 1.83 bits per heavy atom. The van der Waals surface area contributed by atoms with Gasteiger partial charge < -0.3 is 0 Å². The van der Waals surface area contributed by atoms with E-state index >= 15 is 0 Å². The molecule has 2 heteroatoms. The molecule has 0 aliphatic heterocycles. The molecule has 2 aromatic rings. The van der Waals surface area contributed by atoms with Crippen LogP contribution in [0.1, 0.15) is 29.2 Å². The first kappa shape index (κ1) is 11.9. The number of hydrogen-bond donors (Lipinski definition) is 0. The van der Waals surface area contributed by atoms with E-state index in [1.165, 1.54) is 11.8 Å². The predicted molar refractivity (Wildman–Crippen MR) is 70.8 cm³/mol. The summed E-state index contributed by atoms with van der Waals surface area (Å²) in [6.07, 6.45) is 4.20. The highest BCUT2D eigenvalue weighted by molar-refractivity contribution is 5.45. The topological polar surface area (TPSA) is 36.7 Å². The first-order valence-corrected chi connectivity index (χ1v) is 5.78. The highest BCUT2D eigenvalue weighted by Gasteiger charge is 1.93. The van der Waals surface area contributed by atoms with Gasteiger partial charge in [-0.1, -0.05) is 30.9 Å². The van der Waals surface area contributed by atoms with E-state index in [0.717, 1.165) is 17.5 Å². The molecular weight excluding hydrogens is 220 g/mol. The Balaban J connectivity index is 2.28. The molecular formula is C16H12N2. The van der Waals surface area contributed by atoms with Crippen molar-refractivity contribution in [3.8, 4) is 17.9 Å². The van der Waals surface area contributed by atoms with E-state index in [1.54, 1.807) is 12.3 Å². The molecule has 0 amide bonds. The highest BCUT2D eigenvalue weighted by Crippen LogP contribution is 2.05. The highest BCUT2D eigenvalue weighted by atomic mass is 14.6. The third kappa shape index (κ3) is 2.97. The van der Waals surface area contributed by atoms with Gasteiger partial charge in [0, 0.05) is 23.5 Å². The zero-order valence-electron chi connectivity index (χ0n) is 10.1. The molecule has 1 aromatic heterocycles. The van der Waals surface area contributed by atoms with Gasteiger partial charge in [0.1, 0.15) is 6.07 Å². The van der Waals surface area contributed by atoms with Crippen LogP contribution in [0.25, 0.3) is 0 Å². The van der Waals surface area contributed by atoms with Crippen LogP contribution < -0.4 is 0 Å². The molecule has 0 unspecified atom stereocenters. The fourth-order valence-electron chi connectivity index (χ4n) is 1.58. The molecule has 0 atom stereocenters. The van der Waals surface area contributed by atoms with E-state index in [0.29, 0.717) is 5.56 Å². The second kappa shape index (κ2) is 5.66. The molecule has 0 saturated heterocycles. The van der Waals surface area contributed by atoms with Crippen molar-refractivity contribution in [2.45, 2.75) is 13.3 Å². The number of aromatic nitrogens is 1. The minimum atomic E-state index is 0.532. The molecule has 1 heterocycles. The van der Waals surface area contributed by atoms with Crippen LogP contribution in [0.4, 0.5) is 0 Å². The van der Waals surface area contributed by atoms with Gasteiger partial charge in [-0.2, -0.15) is 5.26 Å². The van der Waals surface area contributed by atoms with Crippen LogP contribution in [0.2, 0.25) is 0 Å². The number of nitrogens with zero attached hydrogens (tertiary/aromatic N) is 2. The zero-order chi connectivity index (χ0) is 12.8. The fraction of sp³-hybridized carbons (Fsp3) is 0.125. The van der Waals surface area contributed by atoms with E-state index in [1.807, 2.05) is 12.1 Å². The third-order valence-electron chi connectivity index (χ3n) is 2.55. The monoisotopic (exact) mass is 232 g/mol. The normalized spacial score (nSPS) is 9.11. The van der Waals surface area contributed by atoms with Crippen LogP contribution in [0.5, 0.6) is 0 Å². The molecule has 2 rings (SSSR count). The lowest BCUT2D eigenvalue weighted by atomic mass is 10.1. The Morgan fingerprint density at radius 1 is 1.06 bits per heavy atom. The van der Waals surface area contributed by atoms with Crippen molar-refractivity contribution < 1.29 is 0 Å². The Hall–Kier alpha value is -2.58. The zero-order valence-corrected chi connectivity index (χ0v) is 10.1. The van der Waals surface area contributed by atoms with E-state index in [2.05, 4.69) is 42.0 Å². The average Bonchev–Trinajstić information content (AvgIpc) is 2.45. The Bertz CT molecular complexity index is 655. The van der Waals surface area contributed by atoms with Gasteiger partial charge in [-0.3, -0.25) is 4.98 Å². The second-order valence-corrected chi connectivity index (χ2v) is 3.88. The van der Waals surface area contributed by atoms with Gasteiger partial charge in [0.25, 0.3) is 0 Å². The van der Waals surface area contributed by atoms with Gasteiger partial charge >= 0.3 is 0 Å². The van der Waals surface area contributed by atoms with E-state index in [9.17, 15) is 0 Å². The number of hydrogen-bond acceptors (Lipinski definition) is 2. The summed E-state index contributed by atoms with van der Waals surface area (Å²) >= 11 is 0. The molecule has 0 aliphatic rings. The molecule has 0 bridgehead atoms. The minimum Gasteiger partial charge on any atom is -0.262 e. The van der Waals surface area contributed by atoms with Gasteiger partial charge in [-0.05, 0) is 30.2 Å². The Morgan fingerprint density at radius 3 is 2.61 bits per heavy atom. The third-order valence-corrected chi connectivity index (χ3v) is 2.55. The summed E-state index contributed by atoms with van der Waals surface area (Å²) in [7, 11) is 0. The molecule has 0 spiro atoms. The van der Waals surface area contributed by atoms with Crippen LogP contribution in [0.3, 0.4) is 0 Å². The summed E-state index contributed by atoms with van der Waals surface area (Å²) in [4.78, 5) is 3.98. The van der Waals surface area contributed by atoms with Crippen molar-refractivity contribution in [1.82, 2.24) is 4.98 Å². The van der Waals surface area contributed by atoms with E-state index in [4.69, 9.17) is 5.26 Å². The van der Waals surface area contributed by atoms with Gasteiger partial charge in [-0.25, -0.2) is 0 Å². The molecule has 2 nitrogen and oxygen atoms in total. The maximum absolute atomic E-state index is 8.78. The number of nitriles is 1. The Labute approximate surface area is 107 Å². The molecule has 0 fully saturated rings. The molecule has 18 heavy (non-hydrogen) atoms. The maximum atomic E-state index is 8.78. The number of aryl methyl sites for hydroxylation is 1. The van der Waals surface area contributed by atoms with Crippen LogP contribution in [0.15, 0.2) is 42.7 Å². The maximum Gasteiger partial charge on any atom is 0.101 e. The van der Waals surface area contributed by atoms with E-state index < -0.39 is 0 Å². The van der Waals surface area contributed by atoms with Crippen molar-refractivity contribution >= 4 is 0 Å². The number of pyridine rings is 1. The largest absolute Gasteiger partial charge is 0.262 e. The van der Waals surface area contributed by atoms with Gasteiger partial charge in [0.15, 0.2) is 0 Å². The number of rotatable bonds is 1. The fourth-order valence-corrected chi connectivity index (χ4v) is 1.58. The first-order valence-electron chi connectivity index (χ1n) is 5.78. The average molecular weight is 232 g/mol. The second-order valence-electron chi connectivity index (χ2n) is 3.88. The van der Waals surface area contributed by atoms with Crippen molar-refractivity contribution in [3.63, 3.8) is 0 Å². The van der Waals surface area contributed by atoms with E-state index in [-0.39, 0.29) is 0 Å². The van der Waals surface area contributed by atoms with Gasteiger partial charge in [0.05, 0.1) is 5.56 Å². The lowest BCUT2D eigenvalue weighted by molar-refractivity contribution is 1.14. The summed E-state index contributed by atoms with van der Waals surface area (Å²) in [5.41, 5.74) is 3.54. The molecule has 86 valence electrons. The first-order chi connectivity index (χ1) is 8.81. The van der Waals surface area contributed by atoms with Crippen LogP contribution in [-0.4, -0.2) is 4.98 Å². The quantitative estimate of drug-likeness (QED) is 0.709. The summed E-state index contributed by atoms with van der Waals surface area (Å²) in [6.45, 7) is 2.12. The lowest BCUT2D eigenvalue weighted by Gasteiger charge is -1.96. The van der Waals surface area contributed by atoms with Crippen molar-refractivity contribution in [2.75, 3.05) is 0 Å². The molecule has 0 saturated carbocycles. The predicted octanol–water partition coefficient (Wildman–Crippen LogP) is 2.92. The lowest BCUT2D eigenvalue weighted by Crippen LogP contribution is -1.83. The van der Waals surface area contributed by atoms with Crippen molar-refractivity contribution in [1.29, 1.82) is 5.26 Å². The SMILES string of the molecule is CCc1cccc(C#Cc2cncc(C#N)c2)c1. The standard InChI is InChI=1S/C16H12N2/c1-2-13-4-3-5-14(8-13)6-7-15-9-16(10-17)12-18-11-15/h3-5,8-9,11-12H,2H2,1H3. The molecule has 1 aromatic carbocycles. The smallest absolute Gasteiger partial charge is 0.101 e. The molecule has 0 radical (unpaired) electrons. The van der Waals surface area contributed by atoms with Gasteiger partial charge in [0.2, 0.25) is 0 Å². The summed E-state index contributed by atoms with van der Waals surface area (Å²) in [5, 5.41) is 8.78. The Kier molecular flexibility index (Phi) is 3.74. The van der Waals surface area contributed by atoms with Crippen LogP contribution >= 0.6 is 0 Å². The summed E-state index contributed by atoms with van der Waals surface area (Å²) < 4.78 is 0. The van der Waals surface area contributed by atoms with Crippen molar-refractivity contribution in [2.24, 2.45) is 0 Å². The summed E-state index contributed by atoms with van der Waals surface area (Å²) in [6, 6.07) is 11.9. The van der Waals surface area contributed by atoms with Crippen molar-refractivity contribution in [3.05, 3.63) is 65.0 Å². The number of benzene rings is 1. The van der Waals surface area contributed by atoms with Crippen LogP contribution in [-0.2, 0) is 6.42 Å². The minimum absolute atomic E-state index is 0.532. The van der Waals surface area contributed by atoms with Gasteiger partial charge in [-0.15, -0.1) is 0 Å². The van der Waals surface area contributed by atoms with Crippen LogP contribution in [0, 0.1) is 23.2 Å². The summed E-state index contributed by atoms with van der Waals surface area (Å²) in [5.74, 6) is 6.11.